The molecular formula is C31H26O2. The van der Waals surface area contributed by atoms with Gasteiger partial charge in [-0.3, -0.25) is 0 Å². The highest BCUT2D eigenvalue weighted by Gasteiger charge is 2.14. The molecule has 2 nitrogen and oxygen atoms in total. The maximum absolute atomic E-state index is 10.7. The smallest absolute Gasteiger partial charge is 0.123 e. The lowest BCUT2D eigenvalue weighted by Crippen LogP contribution is -2.01. The molecule has 0 bridgehead atoms. The molecule has 5 aromatic rings. The molecule has 1 N–H and O–H groups in total. The normalized spacial score (nSPS) is 10.9. The van der Waals surface area contributed by atoms with E-state index in [1.54, 1.807) is 6.07 Å². The zero-order chi connectivity index (χ0) is 22.5. The van der Waals surface area contributed by atoms with E-state index in [0.29, 0.717) is 18.8 Å². The van der Waals surface area contributed by atoms with Gasteiger partial charge in [0.15, 0.2) is 0 Å². The number of aromatic hydroxyl groups is 1. The van der Waals surface area contributed by atoms with Crippen molar-refractivity contribution >= 4 is 10.8 Å². The van der Waals surface area contributed by atoms with E-state index in [4.69, 9.17) is 4.74 Å². The van der Waals surface area contributed by atoms with E-state index in [1.807, 2.05) is 48.5 Å². The van der Waals surface area contributed by atoms with Crippen molar-refractivity contribution in [3.63, 3.8) is 0 Å². The van der Waals surface area contributed by atoms with Crippen LogP contribution in [-0.2, 0) is 19.4 Å². The average molecular weight is 431 g/mol. The summed E-state index contributed by atoms with van der Waals surface area (Å²) in [5, 5.41) is 12.9. The highest BCUT2D eigenvalue weighted by atomic mass is 16.5. The lowest BCUT2D eigenvalue weighted by Gasteiger charge is -2.16. The van der Waals surface area contributed by atoms with Crippen molar-refractivity contribution in [1.82, 2.24) is 0 Å². The Hall–Kier alpha value is -4.04. The molecule has 0 radical (unpaired) electrons. The summed E-state index contributed by atoms with van der Waals surface area (Å²) in [6, 6.07) is 39.0. The molecule has 0 amide bonds. The summed E-state index contributed by atoms with van der Waals surface area (Å²) >= 11 is 0. The molecule has 0 aliphatic heterocycles. The van der Waals surface area contributed by atoms with Gasteiger partial charge < -0.3 is 9.84 Å². The molecule has 0 saturated heterocycles. The molecule has 2 heteroatoms. The molecule has 0 aromatic heterocycles. The van der Waals surface area contributed by atoms with Gasteiger partial charge in [0.2, 0.25) is 0 Å². The van der Waals surface area contributed by atoms with Crippen LogP contribution in [0.2, 0.25) is 0 Å². The van der Waals surface area contributed by atoms with Crippen molar-refractivity contribution in [2.45, 2.75) is 19.4 Å². The van der Waals surface area contributed by atoms with Gasteiger partial charge in [0.05, 0.1) is 0 Å². The summed E-state index contributed by atoms with van der Waals surface area (Å²) in [4.78, 5) is 0. The van der Waals surface area contributed by atoms with Crippen LogP contribution in [-0.4, -0.2) is 5.11 Å². The topological polar surface area (TPSA) is 29.5 Å². The van der Waals surface area contributed by atoms with Gasteiger partial charge in [0.25, 0.3) is 0 Å². The van der Waals surface area contributed by atoms with E-state index in [-0.39, 0.29) is 0 Å². The molecule has 0 heterocycles. The minimum absolute atomic E-state index is 0.316. The van der Waals surface area contributed by atoms with Gasteiger partial charge in [-0.2, -0.15) is 0 Å². The number of ether oxygens (including phenoxy) is 1. The number of phenols is 1. The van der Waals surface area contributed by atoms with E-state index in [9.17, 15) is 5.11 Å². The number of phenolic OH excluding ortho intramolecular Hbond substituents is 1. The van der Waals surface area contributed by atoms with Gasteiger partial charge in [0, 0.05) is 18.4 Å². The van der Waals surface area contributed by atoms with Crippen LogP contribution < -0.4 is 4.74 Å². The van der Waals surface area contributed by atoms with Gasteiger partial charge in [-0.05, 0) is 51.2 Å². The Bertz CT molecular complexity index is 1340. The first-order valence-electron chi connectivity index (χ1n) is 11.3. The van der Waals surface area contributed by atoms with E-state index in [2.05, 4.69) is 60.7 Å². The predicted octanol–water partition coefficient (Wildman–Crippen LogP) is 7.31. The lowest BCUT2D eigenvalue weighted by atomic mass is 9.94. The van der Waals surface area contributed by atoms with E-state index >= 15 is 0 Å². The fraction of sp³-hybridized carbons (Fsp3) is 0.0968. The van der Waals surface area contributed by atoms with Crippen LogP contribution in [0, 0.1) is 0 Å². The van der Waals surface area contributed by atoms with Crippen molar-refractivity contribution in [2.75, 3.05) is 0 Å². The molecule has 5 rings (SSSR count). The van der Waals surface area contributed by atoms with Crippen molar-refractivity contribution in [2.24, 2.45) is 0 Å². The van der Waals surface area contributed by atoms with Crippen LogP contribution >= 0.6 is 0 Å². The quantitative estimate of drug-likeness (QED) is 0.293. The molecule has 0 spiro atoms. The summed E-state index contributed by atoms with van der Waals surface area (Å²) < 4.78 is 6.37. The molecule has 0 fully saturated rings. The van der Waals surface area contributed by atoms with E-state index in [0.717, 1.165) is 39.6 Å². The van der Waals surface area contributed by atoms with Crippen molar-refractivity contribution < 1.29 is 9.84 Å². The second-order valence-electron chi connectivity index (χ2n) is 8.34. The molecular weight excluding hydrogens is 404 g/mol. The molecule has 0 atom stereocenters. The van der Waals surface area contributed by atoms with Crippen LogP contribution in [0.3, 0.4) is 0 Å². The Morgan fingerprint density at radius 1 is 0.576 bits per heavy atom. The molecule has 0 saturated carbocycles. The highest BCUT2D eigenvalue weighted by molar-refractivity contribution is 5.90. The van der Waals surface area contributed by atoms with Crippen LogP contribution in [0.5, 0.6) is 11.5 Å². The Morgan fingerprint density at radius 3 is 1.79 bits per heavy atom. The van der Waals surface area contributed by atoms with Crippen LogP contribution in [0.1, 0.15) is 27.8 Å². The Balaban J connectivity index is 1.57. The monoisotopic (exact) mass is 430 g/mol. The molecule has 0 unspecified atom stereocenters. The third kappa shape index (κ3) is 4.91. The van der Waals surface area contributed by atoms with Gasteiger partial charge in [0.1, 0.15) is 18.1 Å². The van der Waals surface area contributed by atoms with E-state index < -0.39 is 0 Å². The first kappa shape index (κ1) is 20.8. The van der Waals surface area contributed by atoms with Gasteiger partial charge >= 0.3 is 0 Å². The van der Waals surface area contributed by atoms with Crippen molar-refractivity contribution in [1.29, 1.82) is 0 Å². The number of benzene rings is 5. The van der Waals surface area contributed by atoms with Crippen molar-refractivity contribution in [3.05, 3.63) is 143 Å². The first-order chi connectivity index (χ1) is 16.3. The maximum Gasteiger partial charge on any atom is 0.123 e. The summed E-state index contributed by atoms with van der Waals surface area (Å²) in [6.45, 7) is 0.501. The fourth-order valence-corrected chi connectivity index (χ4v) is 4.26. The molecule has 5 aromatic carbocycles. The van der Waals surface area contributed by atoms with Crippen LogP contribution in [0.15, 0.2) is 115 Å². The number of rotatable bonds is 7. The minimum atomic E-state index is 0.316. The number of fused-ring (bicyclic) bond motifs is 1. The summed E-state index contributed by atoms with van der Waals surface area (Å²) in [7, 11) is 0. The molecule has 33 heavy (non-hydrogen) atoms. The zero-order valence-corrected chi connectivity index (χ0v) is 18.4. The van der Waals surface area contributed by atoms with E-state index in [1.165, 1.54) is 11.1 Å². The maximum atomic E-state index is 10.7. The first-order valence-corrected chi connectivity index (χ1v) is 11.3. The summed E-state index contributed by atoms with van der Waals surface area (Å²) in [5.41, 5.74) is 5.60. The zero-order valence-electron chi connectivity index (χ0n) is 18.4. The Kier molecular flexibility index (Phi) is 6.08. The molecule has 0 aliphatic carbocycles. The second-order valence-corrected chi connectivity index (χ2v) is 8.34. The second kappa shape index (κ2) is 9.62. The summed E-state index contributed by atoms with van der Waals surface area (Å²) in [5.74, 6) is 1.17. The van der Waals surface area contributed by atoms with Gasteiger partial charge in [-0.1, -0.05) is 97.1 Å². The lowest BCUT2D eigenvalue weighted by molar-refractivity contribution is 0.304. The van der Waals surface area contributed by atoms with Gasteiger partial charge in [-0.15, -0.1) is 0 Å². The Labute approximate surface area is 194 Å². The highest BCUT2D eigenvalue weighted by Crippen LogP contribution is 2.35. The predicted molar refractivity (Wildman–Crippen MR) is 135 cm³/mol. The number of hydrogen-bond acceptors (Lipinski definition) is 2. The van der Waals surface area contributed by atoms with Crippen LogP contribution in [0.25, 0.3) is 10.8 Å². The van der Waals surface area contributed by atoms with Gasteiger partial charge in [-0.25, -0.2) is 0 Å². The van der Waals surface area contributed by atoms with Crippen molar-refractivity contribution in [3.8, 4) is 11.5 Å². The SMILES string of the molecule is Oc1ccc2cc(Cc3ccccc3)c(OCc3ccccc3)cc2c1Cc1ccccc1. The fourth-order valence-electron chi connectivity index (χ4n) is 4.26. The molecule has 162 valence electrons. The summed E-state index contributed by atoms with van der Waals surface area (Å²) in [6.07, 6.45) is 1.45. The largest absolute Gasteiger partial charge is 0.508 e. The third-order valence-corrected chi connectivity index (χ3v) is 5.99. The minimum Gasteiger partial charge on any atom is -0.508 e. The molecule has 0 aliphatic rings. The third-order valence-electron chi connectivity index (χ3n) is 5.99. The average Bonchev–Trinajstić information content (AvgIpc) is 2.87. The standard InChI is InChI=1S/C31H26O2/c32-30-17-16-26-20-27(18-23-10-4-1-5-11-23)31(33-22-25-14-8-3-9-15-25)21-28(26)29(30)19-24-12-6-2-7-13-24/h1-17,20-21,32H,18-19,22H2. The Morgan fingerprint density at radius 2 is 1.15 bits per heavy atom. The number of hydrogen-bond donors (Lipinski definition) is 1. The van der Waals surface area contributed by atoms with Crippen LogP contribution in [0.4, 0.5) is 0 Å².